The Labute approximate surface area is 178 Å². The molecule has 0 aliphatic heterocycles. The topological polar surface area (TPSA) is 115 Å². The minimum absolute atomic E-state index is 0.199. The molecule has 1 atom stereocenters. The summed E-state index contributed by atoms with van der Waals surface area (Å²) in [7, 11) is -4.58. The van der Waals surface area contributed by atoms with Crippen LogP contribution in [0.4, 0.5) is 0 Å². The Morgan fingerprint density at radius 1 is 1.10 bits per heavy atom. The SMILES string of the molecule is CC(C)(C)[C@H]1CC[C@H](Oc2ccc3cc([C@@](C)(N)COP(=O)(O)O)ccc3n2)CC1. The molecular formula is C22H33N2O5P. The minimum atomic E-state index is -4.58. The van der Waals surface area contributed by atoms with Crippen LogP contribution in [0.3, 0.4) is 0 Å². The molecule has 30 heavy (non-hydrogen) atoms. The molecule has 1 aliphatic rings. The van der Waals surface area contributed by atoms with Crippen LogP contribution in [-0.2, 0) is 14.6 Å². The lowest BCUT2D eigenvalue weighted by Crippen LogP contribution is -2.37. The summed E-state index contributed by atoms with van der Waals surface area (Å²) in [6.07, 6.45) is 4.65. The first-order valence-corrected chi connectivity index (χ1v) is 11.9. The van der Waals surface area contributed by atoms with Crippen LogP contribution in [0.5, 0.6) is 5.88 Å². The van der Waals surface area contributed by atoms with Crippen molar-refractivity contribution in [1.82, 2.24) is 4.98 Å². The van der Waals surface area contributed by atoms with E-state index >= 15 is 0 Å². The Balaban J connectivity index is 1.68. The number of nitrogens with zero attached hydrogens (tertiary/aromatic N) is 1. The number of nitrogens with two attached hydrogens (primary N) is 1. The molecule has 1 heterocycles. The summed E-state index contributed by atoms with van der Waals surface area (Å²) < 4.78 is 21.7. The van der Waals surface area contributed by atoms with Gasteiger partial charge in [0.25, 0.3) is 0 Å². The molecule has 0 radical (unpaired) electrons. The van der Waals surface area contributed by atoms with E-state index in [0.717, 1.165) is 29.7 Å². The van der Waals surface area contributed by atoms with Crippen molar-refractivity contribution >= 4 is 18.7 Å². The summed E-state index contributed by atoms with van der Waals surface area (Å²) in [5.74, 6) is 1.36. The van der Waals surface area contributed by atoms with E-state index in [0.29, 0.717) is 16.9 Å². The van der Waals surface area contributed by atoms with Gasteiger partial charge in [-0.25, -0.2) is 9.55 Å². The van der Waals surface area contributed by atoms with Crippen molar-refractivity contribution in [2.45, 2.75) is 65.0 Å². The van der Waals surface area contributed by atoms with Crippen molar-refractivity contribution in [3.05, 3.63) is 35.9 Å². The molecule has 4 N–H and O–H groups in total. The van der Waals surface area contributed by atoms with Gasteiger partial charge in [0.15, 0.2) is 0 Å². The fraction of sp³-hybridized carbons (Fsp3) is 0.591. The second-order valence-electron chi connectivity index (χ2n) is 9.70. The lowest BCUT2D eigenvalue weighted by atomic mass is 9.72. The summed E-state index contributed by atoms with van der Waals surface area (Å²) in [6, 6.07) is 9.31. The van der Waals surface area contributed by atoms with Crippen molar-refractivity contribution in [3.8, 4) is 5.88 Å². The molecule has 1 aliphatic carbocycles. The zero-order valence-electron chi connectivity index (χ0n) is 18.2. The normalized spacial score (nSPS) is 22.6. The molecule has 3 rings (SSSR count). The lowest BCUT2D eigenvalue weighted by molar-refractivity contribution is 0.0854. The number of phosphoric ester groups is 1. The van der Waals surface area contributed by atoms with Gasteiger partial charge in [0.1, 0.15) is 6.10 Å². The van der Waals surface area contributed by atoms with Gasteiger partial charge >= 0.3 is 7.82 Å². The summed E-state index contributed by atoms with van der Waals surface area (Å²) >= 11 is 0. The van der Waals surface area contributed by atoms with E-state index in [4.69, 9.17) is 20.3 Å². The number of pyridine rings is 1. The first kappa shape index (κ1) is 23.2. The Bertz CT molecular complexity index is 927. The van der Waals surface area contributed by atoms with E-state index in [9.17, 15) is 4.57 Å². The molecule has 1 saturated carbocycles. The summed E-state index contributed by atoms with van der Waals surface area (Å²) in [5, 5.41) is 0.879. The van der Waals surface area contributed by atoms with Crippen LogP contribution < -0.4 is 10.5 Å². The standard InChI is InChI=1S/C22H33N2O5P/c1-21(2,3)16-6-9-18(10-7-16)29-20-12-5-15-13-17(8-11-19(15)24-20)22(4,23)14-28-30(25,26)27/h5,8,11-13,16,18H,6-7,9-10,14,23H2,1-4H3,(H2,25,26,27)/t16-,18-,22-/m0/s1. The largest absolute Gasteiger partial charge is 0.474 e. The predicted octanol–water partition coefficient (Wildman–Crippen LogP) is 4.50. The zero-order chi connectivity index (χ0) is 22.2. The summed E-state index contributed by atoms with van der Waals surface area (Å²) in [6.45, 7) is 8.30. The maximum Gasteiger partial charge on any atom is 0.469 e. The van der Waals surface area contributed by atoms with Gasteiger partial charge in [0.05, 0.1) is 17.7 Å². The molecule has 7 nitrogen and oxygen atoms in total. The van der Waals surface area contributed by atoms with E-state index < -0.39 is 13.4 Å². The molecule has 1 aromatic heterocycles. The van der Waals surface area contributed by atoms with Crippen LogP contribution >= 0.6 is 7.82 Å². The molecule has 0 amide bonds. The van der Waals surface area contributed by atoms with Gasteiger partial charge in [-0.05, 0) is 67.7 Å². The number of benzene rings is 1. The highest BCUT2D eigenvalue weighted by molar-refractivity contribution is 7.46. The Morgan fingerprint density at radius 2 is 1.77 bits per heavy atom. The van der Waals surface area contributed by atoms with Crippen molar-refractivity contribution < 1.29 is 23.6 Å². The van der Waals surface area contributed by atoms with E-state index in [-0.39, 0.29) is 12.7 Å². The fourth-order valence-corrected chi connectivity index (χ4v) is 4.48. The van der Waals surface area contributed by atoms with E-state index in [1.807, 2.05) is 24.3 Å². The fourth-order valence-electron chi connectivity index (χ4n) is 4.05. The van der Waals surface area contributed by atoms with Crippen LogP contribution in [0.25, 0.3) is 10.9 Å². The van der Waals surface area contributed by atoms with Gasteiger partial charge in [-0.2, -0.15) is 0 Å². The molecule has 0 spiro atoms. The maximum atomic E-state index is 11.0. The number of phosphoric acid groups is 1. The average molecular weight is 436 g/mol. The highest BCUT2D eigenvalue weighted by Crippen LogP contribution is 2.39. The Hall–Kier alpha value is -1.50. The highest BCUT2D eigenvalue weighted by atomic mass is 31.2. The second kappa shape index (κ2) is 8.56. The van der Waals surface area contributed by atoms with Crippen molar-refractivity contribution in [2.24, 2.45) is 17.1 Å². The van der Waals surface area contributed by atoms with E-state index in [1.165, 1.54) is 12.8 Å². The van der Waals surface area contributed by atoms with E-state index in [2.05, 4.69) is 30.3 Å². The van der Waals surface area contributed by atoms with Gasteiger partial charge in [-0.1, -0.05) is 26.8 Å². The quantitative estimate of drug-likeness (QED) is 0.571. The monoisotopic (exact) mass is 436 g/mol. The number of hydrogen-bond acceptors (Lipinski definition) is 5. The van der Waals surface area contributed by atoms with Crippen LogP contribution in [0.1, 0.15) is 58.9 Å². The first-order valence-electron chi connectivity index (χ1n) is 10.4. The molecule has 0 bridgehead atoms. The van der Waals surface area contributed by atoms with Gasteiger partial charge in [0.2, 0.25) is 5.88 Å². The van der Waals surface area contributed by atoms with Crippen LogP contribution in [0, 0.1) is 11.3 Å². The van der Waals surface area contributed by atoms with Crippen molar-refractivity contribution in [1.29, 1.82) is 0 Å². The summed E-state index contributed by atoms with van der Waals surface area (Å²) in [5.41, 5.74) is 7.01. The third-order valence-corrected chi connectivity index (χ3v) is 6.51. The smallest absolute Gasteiger partial charge is 0.469 e. The second-order valence-corrected chi connectivity index (χ2v) is 10.9. The molecule has 2 aromatic rings. The summed E-state index contributed by atoms with van der Waals surface area (Å²) in [4.78, 5) is 22.5. The van der Waals surface area contributed by atoms with E-state index in [1.54, 1.807) is 13.0 Å². The molecule has 1 fully saturated rings. The third kappa shape index (κ3) is 6.02. The highest BCUT2D eigenvalue weighted by Gasteiger charge is 2.31. The van der Waals surface area contributed by atoms with Crippen molar-refractivity contribution in [3.63, 3.8) is 0 Å². The maximum absolute atomic E-state index is 11.0. The van der Waals surface area contributed by atoms with Crippen LogP contribution in [0.15, 0.2) is 30.3 Å². The van der Waals surface area contributed by atoms with Crippen LogP contribution in [-0.4, -0.2) is 27.5 Å². The number of hydrogen-bond donors (Lipinski definition) is 3. The lowest BCUT2D eigenvalue weighted by Gasteiger charge is -2.36. The Morgan fingerprint density at radius 3 is 2.37 bits per heavy atom. The zero-order valence-corrected chi connectivity index (χ0v) is 19.1. The number of rotatable bonds is 6. The molecule has 0 unspecified atom stereocenters. The molecule has 166 valence electrons. The third-order valence-electron chi connectivity index (χ3n) is 6.04. The van der Waals surface area contributed by atoms with Crippen molar-refractivity contribution in [2.75, 3.05) is 6.61 Å². The number of aromatic nitrogens is 1. The molecular weight excluding hydrogens is 403 g/mol. The molecule has 8 heteroatoms. The average Bonchev–Trinajstić information content (AvgIpc) is 2.65. The minimum Gasteiger partial charge on any atom is -0.474 e. The number of fused-ring (bicyclic) bond motifs is 1. The van der Waals surface area contributed by atoms with Gasteiger partial charge in [-0.15, -0.1) is 0 Å². The molecule has 0 saturated heterocycles. The predicted molar refractivity (Wildman–Crippen MR) is 117 cm³/mol. The van der Waals surface area contributed by atoms with Gasteiger partial charge in [0, 0.05) is 11.5 Å². The number of ether oxygens (including phenoxy) is 1. The molecule has 1 aromatic carbocycles. The van der Waals surface area contributed by atoms with Gasteiger partial charge in [-0.3, -0.25) is 4.52 Å². The van der Waals surface area contributed by atoms with Gasteiger partial charge < -0.3 is 20.3 Å². The Kier molecular flexibility index (Phi) is 6.61. The van der Waals surface area contributed by atoms with Crippen LogP contribution in [0.2, 0.25) is 0 Å². The first-order chi connectivity index (χ1) is 13.8.